The minimum absolute atomic E-state index is 0.224. The molecule has 0 aliphatic carbocycles. The second-order valence-electron chi connectivity index (χ2n) is 8.06. The molecule has 3 heterocycles. The first-order chi connectivity index (χ1) is 13.5. The summed E-state index contributed by atoms with van der Waals surface area (Å²) in [4.78, 5) is 2.45. The number of aryl methyl sites for hydroxylation is 1. The van der Waals surface area contributed by atoms with E-state index in [1.807, 2.05) is 12.1 Å². The van der Waals surface area contributed by atoms with E-state index in [9.17, 15) is 13.2 Å². The third-order valence-corrected chi connectivity index (χ3v) is 6.45. The van der Waals surface area contributed by atoms with Crippen LogP contribution in [0, 0.1) is 5.92 Å². The van der Waals surface area contributed by atoms with Crippen LogP contribution < -0.4 is 15.0 Å². The van der Waals surface area contributed by atoms with Crippen molar-refractivity contribution in [1.29, 1.82) is 0 Å². The molecule has 2 atom stereocenters. The van der Waals surface area contributed by atoms with Gasteiger partial charge >= 0.3 is 6.18 Å². The standard InChI is InChI=1S/C22H23F3N2O/c1-28-16-4-5-17(20(9-16)22(23,24)25)14-7-13-3-2-6-27-12-15-10-26-11-19(15)18(8-14)21(13)27/h4-5,7-9,15,19,26H,2-3,6,10-12H2,1H3/t15-,19-/m1/s1. The predicted octanol–water partition coefficient (Wildman–Crippen LogP) is 4.45. The molecule has 28 heavy (non-hydrogen) atoms. The Morgan fingerprint density at radius 3 is 2.79 bits per heavy atom. The average molecular weight is 388 g/mol. The van der Waals surface area contributed by atoms with Crippen LogP contribution in [-0.4, -0.2) is 33.3 Å². The summed E-state index contributed by atoms with van der Waals surface area (Å²) in [5.74, 6) is 1.14. The van der Waals surface area contributed by atoms with E-state index in [4.69, 9.17) is 4.74 Å². The van der Waals surface area contributed by atoms with Crippen LogP contribution >= 0.6 is 0 Å². The molecule has 0 spiro atoms. The molecule has 0 amide bonds. The summed E-state index contributed by atoms with van der Waals surface area (Å²) in [5, 5.41) is 3.48. The molecule has 148 valence electrons. The fourth-order valence-corrected chi connectivity index (χ4v) is 5.20. The van der Waals surface area contributed by atoms with Crippen LogP contribution in [-0.2, 0) is 12.6 Å². The minimum atomic E-state index is -4.43. The Labute approximate surface area is 162 Å². The largest absolute Gasteiger partial charge is 0.497 e. The van der Waals surface area contributed by atoms with Gasteiger partial charge in [0.2, 0.25) is 0 Å². The summed E-state index contributed by atoms with van der Waals surface area (Å²) in [7, 11) is 1.39. The smallest absolute Gasteiger partial charge is 0.417 e. The van der Waals surface area contributed by atoms with E-state index >= 15 is 0 Å². The number of methoxy groups -OCH3 is 1. The van der Waals surface area contributed by atoms with Crippen LogP contribution in [0.25, 0.3) is 11.1 Å². The van der Waals surface area contributed by atoms with Crippen LogP contribution in [0.15, 0.2) is 30.3 Å². The highest BCUT2D eigenvalue weighted by molar-refractivity contribution is 5.77. The molecule has 6 heteroatoms. The van der Waals surface area contributed by atoms with Gasteiger partial charge in [0.15, 0.2) is 0 Å². The number of nitrogens with one attached hydrogen (secondary N) is 1. The zero-order chi connectivity index (χ0) is 19.5. The van der Waals surface area contributed by atoms with Crippen molar-refractivity contribution in [3.8, 4) is 16.9 Å². The molecule has 1 fully saturated rings. The third-order valence-electron chi connectivity index (χ3n) is 6.45. The Morgan fingerprint density at radius 1 is 1.14 bits per heavy atom. The molecular weight excluding hydrogens is 365 g/mol. The first kappa shape index (κ1) is 17.9. The fraction of sp³-hybridized carbons (Fsp3) is 0.455. The molecule has 2 aromatic rings. The van der Waals surface area contributed by atoms with E-state index < -0.39 is 11.7 Å². The molecule has 3 aliphatic heterocycles. The van der Waals surface area contributed by atoms with Gasteiger partial charge in [-0.25, -0.2) is 0 Å². The van der Waals surface area contributed by atoms with Gasteiger partial charge in [-0.3, -0.25) is 0 Å². The maximum absolute atomic E-state index is 13.8. The lowest BCUT2D eigenvalue weighted by Gasteiger charge is -2.42. The van der Waals surface area contributed by atoms with E-state index in [1.165, 1.54) is 23.9 Å². The Bertz CT molecular complexity index is 925. The summed E-state index contributed by atoms with van der Waals surface area (Å²) < 4.78 is 46.4. The van der Waals surface area contributed by atoms with Crippen molar-refractivity contribution in [2.75, 3.05) is 38.2 Å². The molecule has 0 bridgehead atoms. The predicted molar refractivity (Wildman–Crippen MR) is 103 cm³/mol. The van der Waals surface area contributed by atoms with Gasteiger partial charge in [0.25, 0.3) is 0 Å². The molecule has 0 saturated carbocycles. The van der Waals surface area contributed by atoms with Gasteiger partial charge in [-0.2, -0.15) is 13.2 Å². The van der Waals surface area contributed by atoms with Crippen LogP contribution in [0.3, 0.4) is 0 Å². The second kappa shape index (κ2) is 6.41. The van der Waals surface area contributed by atoms with E-state index in [-0.39, 0.29) is 11.3 Å². The highest BCUT2D eigenvalue weighted by Crippen LogP contribution is 2.48. The van der Waals surface area contributed by atoms with Crippen molar-refractivity contribution in [2.24, 2.45) is 5.92 Å². The highest BCUT2D eigenvalue weighted by Gasteiger charge is 2.40. The lowest BCUT2D eigenvalue weighted by molar-refractivity contribution is -0.137. The number of nitrogens with zero attached hydrogens (tertiary/aromatic N) is 1. The molecule has 0 unspecified atom stereocenters. The van der Waals surface area contributed by atoms with E-state index in [2.05, 4.69) is 10.2 Å². The van der Waals surface area contributed by atoms with Crippen molar-refractivity contribution in [2.45, 2.75) is 24.9 Å². The molecular formula is C22H23F3N2O. The molecule has 0 aromatic heterocycles. The quantitative estimate of drug-likeness (QED) is 0.823. The lowest BCUT2D eigenvalue weighted by Crippen LogP contribution is -2.41. The van der Waals surface area contributed by atoms with E-state index in [1.54, 1.807) is 12.1 Å². The number of ether oxygens (including phenoxy) is 1. The normalized spacial score (nSPS) is 23.4. The number of benzene rings is 2. The molecule has 1 saturated heterocycles. The SMILES string of the molecule is COc1ccc(-c2cc3c4c(c2)[C@@H]2CNC[C@@H]2CN4CCC3)c(C(F)(F)F)c1. The maximum atomic E-state index is 13.8. The Hall–Kier alpha value is -2.21. The van der Waals surface area contributed by atoms with Crippen LogP contribution in [0.1, 0.15) is 29.0 Å². The molecule has 3 aliphatic rings. The van der Waals surface area contributed by atoms with E-state index in [0.29, 0.717) is 17.4 Å². The Morgan fingerprint density at radius 2 is 2.00 bits per heavy atom. The zero-order valence-electron chi connectivity index (χ0n) is 15.8. The number of rotatable bonds is 2. The fourth-order valence-electron chi connectivity index (χ4n) is 5.20. The van der Waals surface area contributed by atoms with E-state index in [0.717, 1.165) is 45.1 Å². The van der Waals surface area contributed by atoms with Gasteiger partial charge < -0.3 is 15.0 Å². The topological polar surface area (TPSA) is 24.5 Å². The van der Waals surface area contributed by atoms with Crippen LogP contribution in [0.5, 0.6) is 5.75 Å². The number of fused-ring (bicyclic) bond motifs is 2. The summed E-state index contributed by atoms with van der Waals surface area (Å²) >= 11 is 0. The first-order valence-corrected chi connectivity index (χ1v) is 9.84. The van der Waals surface area contributed by atoms with Gasteiger partial charge in [-0.05, 0) is 65.3 Å². The van der Waals surface area contributed by atoms with Gasteiger partial charge in [0.05, 0.1) is 12.7 Å². The van der Waals surface area contributed by atoms with Crippen molar-refractivity contribution >= 4 is 5.69 Å². The van der Waals surface area contributed by atoms with Gasteiger partial charge in [0.1, 0.15) is 5.75 Å². The average Bonchev–Trinajstić information content (AvgIpc) is 3.15. The lowest BCUT2D eigenvalue weighted by atomic mass is 9.78. The molecule has 0 radical (unpaired) electrons. The Kier molecular flexibility index (Phi) is 4.09. The molecule has 1 N–H and O–H groups in total. The Balaban J connectivity index is 1.70. The first-order valence-electron chi connectivity index (χ1n) is 9.84. The molecule has 5 rings (SSSR count). The van der Waals surface area contributed by atoms with Crippen LogP contribution in [0.4, 0.5) is 18.9 Å². The van der Waals surface area contributed by atoms with Crippen LogP contribution in [0.2, 0.25) is 0 Å². The summed E-state index contributed by atoms with van der Waals surface area (Å²) in [5.41, 5.74) is 3.95. The number of halogens is 3. The number of hydrogen-bond donors (Lipinski definition) is 1. The summed E-state index contributed by atoms with van der Waals surface area (Å²) in [6, 6.07) is 8.25. The van der Waals surface area contributed by atoms with Gasteiger partial charge in [-0.15, -0.1) is 0 Å². The minimum Gasteiger partial charge on any atom is -0.497 e. The zero-order valence-corrected chi connectivity index (χ0v) is 15.8. The summed E-state index contributed by atoms with van der Waals surface area (Å²) in [6.45, 7) is 3.98. The maximum Gasteiger partial charge on any atom is 0.417 e. The van der Waals surface area contributed by atoms with Gasteiger partial charge in [-0.1, -0.05) is 6.07 Å². The van der Waals surface area contributed by atoms with Crippen molar-refractivity contribution in [3.05, 3.63) is 47.0 Å². The van der Waals surface area contributed by atoms with Crippen molar-refractivity contribution < 1.29 is 17.9 Å². The monoisotopic (exact) mass is 388 g/mol. The number of hydrogen-bond acceptors (Lipinski definition) is 3. The third kappa shape index (κ3) is 2.77. The van der Waals surface area contributed by atoms with Gasteiger partial charge in [0, 0.05) is 37.8 Å². The number of alkyl halides is 3. The number of anilines is 1. The molecule has 2 aromatic carbocycles. The summed E-state index contributed by atoms with van der Waals surface area (Å²) in [6.07, 6.45) is -2.45. The van der Waals surface area contributed by atoms with Crippen molar-refractivity contribution in [1.82, 2.24) is 5.32 Å². The second-order valence-corrected chi connectivity index (χ2v) is 8.06. The highest BCUT2D eigenvalue weighted by atomic mass is 19.4. The van der Waals surface area contributed by atoms with Crippen molar-refractivity contribution in [3.63, 3.8) is 0 Å². The molecule has 3 nitrogen and oxygen atoms in total.